The third kappa shape index (κ3) is 3.65. The van der Waals surface area contributed by atoms with Gasteiger partial charge in [-0.1, -0.05) is 36.4 Å². The molecule has 0 unspecified atom stereocenters. The van der Waals surface area contributed by atoms with Gasteiger partial charge in [0.2, 0.25) is 0 Å². The first kappa shape index (κ1) is 21.8. The van der Waals surface area contributed by atoms with E-state index >= 15 is 0 Å². The molecule has 170 valence electrons. The Morgan fingerprint density at radius 2 is 1.00 bits per heavy atom. The van der Waals surface area contributed by atoms with Crippen LogP contribution >= 0.6 is 0 Å². The fourth-order valence-electron chi connectivity index (χ4n) is 4.25. The molecule has 0 bridgehead atoms. The van der Waals surface area contributed by atoms with E-state index in [9.17, 15) is 29.4 Å². The van der Waals surface area contributed by atoms with Crippen LogP contribution in [0.5, 0.6) is 0 Å². The standard InChI is InChI=1S/C28H17NO6/c30-25-20-4-1-2-5-21(20)26(31)24-22(25)6-3-7-23(24)29(18-12-8-16(9-13-18)27(32)33)19-14-10-17(11-15-19)28(34)35/h1-15H,(H,32,33)(H,34,35). The number of hydrogen-bond acceptors (Lipinski definition) is 5. The van der Waals surface area contributed by atoms with Gasteiger partial charge < -0.3 is 15.1 Å². The molecule has 0 radical (unpaired) electrons. The molecular formula is C28H17NO6. The maximum atomic E-state index is 13.6. The maximum Gasteiger partial charge on any atom is 0.335 e. The first-order chi connectivity index (χ1) is 16.9. The van der Waals surface area contributed by atoms with Crippen LogP contribution in [-0.4, -0.2) is 33.7 Å². The van der Waals surface area contributed by atoms with Crippen LogP contribution in [0.1, 0.15) is 52.6 Å². The summed E-state index contributed by atoms with van der Waals surface area (Å²) in [6, 6.07) is 23.8. The molecule has 0 spiro atoms. The summed E-state index contributed by atoms with van der Waals surface area (Å²) in [6.45, 7) is 0. The van der Waals surface area contributed by atoms with Crippen molar-refractivity contribution in [2.24, 2.45) is 0 Å². The molecule has 2 N–H and O–H groups in total. The Labute approximate surface area is 199 Å². The molecule has 7 heteroatoms. The first-order valence-corrected chi connectivity index (χ1v) is 10.6. The molecule has 0 fully saturated rings. The number of ketones is 2. The molecule has 7 nitrogen and oxygen atoms in total. The van der Waals surface area contributed by atoms with E-state index in [2.05, 4.69) is 0 Å². The number of hydrogen-bond donors (Lipinski definition) is 2. The number of carbonyl (C=O) groups is 4. The normalized spacial score (nSPS) is 12.0. The lowest BCUT2D eigenvalue weighted by atomic mass is 9.83. The summed E-state index contributed by atoms with van der Waals surface area (Å²) in [6.07, 6.45) is 0. The summed E-state index contributed by atoms with van der Waals surface area (Å²) in [5.74, 6) is -2.73. The van der Waals surface area contributed by atoms with E-state index in [-0.39, 0.29) is 33.8 Å². The minimum absolute atomic E-state index is 0.0881. The van der Waals surface area contributed by atoms with E-state index in [1.165, 1.54) is 24.3 Å². The predicted octanol–water partition coefficient (Wildman–Crippen LogP) is 5.33. The predicted molar refractivity (Wildman–Crippen MR) is 128 cm³/mol. The van der Waals surface area contributed by atoms with E-state index < -0.39 is 11.9 Å². The molecule has 0 heterocycles. The Morgan fingerprint density at radius 1 is 0.543 bits per heavy atom. The third-order valence-corrected chi connectivity index (χ3v) is 5.92. The summed E-state index contributed by atoms with van der Waals surface area (Å²) in [7, 11) is 0. The van der Waals surface area contributed by atoms with Crippen molar-refractivity contribution in [3.05, 3.63) is 124 Å². The van der Waals surface area contributed by atoms with E-state index in [0.717, 1.165) is 0 Å². The molecule has 0 atom stereocenters. The maximum absolute atomic E-state index is 13.6. The quantitative estimate of drug-likeness (QED) is 0.362. The van der Waals surface area contributed by atoms with Crippen LogP contribution in [0.15, 0.2) is 91.0 Å². The van der Waals surface area contributed by atoms with Crippen molar-refractivity contribution in [1.29, 1.82) is 0 Å². The second kappa shape index (κ2) is 8.39. The number of benzene rings is 4. The monoisotopic (exact) mass is 463 g/mol. The molecule has 0 aliphatic heterocycles. The fraction of sp³-hybridized carbons (Fsp3) is 0. The van der Waals surface area contributed by atoms with Crippen LogP contribution < -0.4 is 4.90 Å². The van der Waals surface area contributed by atoms with E-state index in [0.29, 0.717) is 28.2 Å². The molecule has 35 heavy (non-hydrogen) atoms. The molecule has 0 saturated carbocycles. The minimum atomic E-state index is -1.08. The highest BCUT2D eigenvalue weighted by Crippen LogP contribution is 2.41. The summed E-state index contributed by atoms with van der Waals surface area (Å²) >= 11 is 0. The van der Waals surface area contributed by atoms with Gasteiger partial charge >= 0.3 is 11.9 Å². The SMILES string of the molecule is O=C(O)c1ccc(N(c2ccc(C(=O)O)cc2)c2cccc3c2C(=O)c2ccccc2C3=O)cc1. The molecule has 4 aromatic rings. The lowest BCUT2D eigenvalue weighted by Crippen LogP contribution is -2.24. The summed E-state index contributed by atoms with van der Waals surface area (Å²) in [4.78, 5) is 51.3. The Kier molecular flexibility index (Phi) is 5.22. The summed E-state index contributed by atoms with van der Waals surface area (Å²) < 4.78 is 0. The zero-order valence-electron chi connectivity index (χ0n) is 18.1. The number of anilines is 3. The van der Waals surface area contributed by atoms with Crippen molar-refractivity contribution >= 4 is 40.6 Å². The number of rotatable bonds is 5. The lowest BCUT2D eigenvalue weighted by Gasteiger charge is -2.30. The minimum Gasteiger partial charge on any atom is -0.478 e. The fourth-order valence-corrected chi connectivity index (χ4v) is 4.25. The van der Waals surface area contributed by atoms with E-state index in [4.69, 9.17) is 0 Å². The number of carbonyl (C=O) groups excluding carboxylic acids is 2. The van der Waals surface area contributed by atoms with Crippen LogP contribution in [0.4, 0.5) is 17.1 Å². The summed E-state index contributed by atoms with van der Waals surface area (Å²) in [5.41, 5.74) is 2.79. The van der Waals surface area contributed by atoms with Gasteiger partial charge in [-0.2, -0.15) is 0 Å². The highest BCUT2D eigenvalue weighted by Gasteiger charge is 2.33. The van der Waals surface area contributed by atoms with Crippen LogP contribution in [0.2, 0.25) is 0 Å². The van der Waals surface area contributed by atoms with Gasteiger partial charge in [-0.3, -0.25) is 9.59 Å². The number of aromatic carboxylic acids is 2. The van der Waals surface area contributed by atoms with E-state index in [1.807, 2.05) is 0 Å². The second-order valence-corrected chi connectivity index (χ2v) is 7.94. The van der Waals surface area contributed by atoms with Crippen molar-refractivity contribution in [3.63, 3.8) is 0 Å². The highest BCUT2D eigenvalue weighted by molar-refractivity contribution is 6.30. The molecule has 0 aromatic heterocycles. The highest BCUT2D eigenvalue weighted by atomic mass is 16.4. The van der Waals surface area contributed by atoms with Crippen molar-refractivity contribution in [1.82, 2.24) is 0 Å². The molecule has 1 aliphatic carbocycles. The van der Waals surface area contributed by atoms with Crippen molar-refractivity contribution in [2.75, 3.05) is 4.90 Å². The average molecular weight is 463 g/mol. The third-order valence-electron chi connectivity index (χ3n) is 5.92. The number of carboxylic acid groups (broad SMARTS) is 2. The lowest BCUT2D eigenvalue weighted by molar-refractivity contribution is 0.0686. The van der Waals surface area contributed by atoms with E-state index in [1.54, 1.807) is 71.6 Å². The molecule has 0 saturated heterocycles. The molecule has 5 rings (SSSR count). The Morgan fingerprint density at radius 3 is 1.49 bits per heavy atom. The zero-order valence-corrected chi connectivity index (χ0v) is 18.1. The van der Waals surface area contributed by atoms with Gasteiger partial charge in [-0.05, 0) is 54.6 Å². The van der Waals surface area contributed by atoms with Crippen LogP contribution in [0.25, 0.3) is 0 Å². The van der Waals surface area contributed by atoms with Crippen molar-refractivity contribution < 1.29 is 29.4 Å². The molecule has 1 aliphatic rings. The van der Waals surface area contributed by atoms with Gasteiger partial charge in [0.1, 0.15) is 0 Å². The van der Waals surface area contributed by atoms with Crippen LogP contribution in [0, 0.1) is 0 Å². The first-order valence-electron chi connectivity index (χ1n) is 10.6. The number of fused-ring (bicyclic) bond motifs is 2. The Hall–Kier alpha value is -5.04. The van der Waals surface area contributed by atoms with Crippen molar-refractivity contribution in [3.8, 4) is 0 Å². The van der Waals surface area contributed by atoms with Gasteiger partial charge in [0, 0.05) is 28.1 Å². The van der Waals surface area contributed by atoms with Gasteiger partial charge in [-0.25, -0.2) is 9.59 Å². The van der Waals surface area contributed by atoms with Gasteiger partial charge in [0.25, 0.3) is 0 Å². The number of carboxylic acids is 2. The average Bonchev–Trinajstić information content (AvgIpc) is 2.88. The molecule has 0 amide bonds. The van der Waals surface area contributed by atoms with Gasteiger partial charge in [-0.15, -0.1) is 0 Å². The Bertz CT molecular complexity index is 1460. The zero-order chi connectivity index (χ0) is 24.7. The topological polar surface area (TPSA) is 112 Å². The van der Waals surface area contributed by atoms with Crippen LogP contribution in [0.3, 0.4) is 0 Å². The molecule has 4 aromatic carbocycles. The van der Waals surface area contributed by atoms with Gasteiger partial charge in [0.15, 0.2) is 11.6 Å². The van der Waals surface area contributed by atoms with Crippen molar-refractivity contribution in [2.45, 2.75) is 0 Å². The smallest absolute Gasteiger partial charge is 0.335 e. The Balaban J connectivity index is 1.73. The largest absolute Gasteiger partial charge is 0.478 e. The molecular weight excluding hydrogens is 446 g/mol. The second-order valence-electron chi connectivity index (χ2n) is 7.94. The van der Waals surface area contributed by atoms with Crippen LogP contribution in [-0.2, 0) is 0 Å². The summed E-state index contributed by atoms with van der Waals surface area (Å²) in [5, 5.41) is 18.6. The number of nitrogens with zero attached hydrogens (tertiary/aromatic N) is 1. The van der Waals surface area contributed by atoms with Gasteiger partial charge in [0.05, 0.1) is 22.4 Å².